The zero-order valence-corrected chi connectivity index (χ0v) is 8.93. The number of aryl methyl sites for hydroxylation is 1. The molecule has 0 atom stereocenters. The van der Waals surface area contributed by atoms with Crippen molar-refractivity contribution >= 4 is 5.91 Å². The van der Waals surface area contributed by atoms with Gasteiger partial charge >= 0.3 is 0 Å². The fourth-order valence-electron chi connectivity index (χ4n) is 1.31. The van der Waals surface area contributed by atoms with Crippen LogP contribution in [0.5, 0.6) is 0 Å². The van der Waals surface area contributed by atoms with Crippen LogP contribution in [0.3, 0.4) is 0 Å². The summed E-state index contributed by atoms with van der Waals surface area (Å²) in [4.78, 5) is 11.5. The molecule has 0 radical (unpaired) electrons. The van der Waals surface area contributed by atoms with Gasteiger partial charge in [0.25, 0.3) is 5.91 Å². The summed E-state index contributed by atoms with van der Waals surface area (Å²) in [6.07, 6.45) is 1.45. The molecule has 0 bridgehead atoms. The predicted molar refractivity (Wildman–Crippen MR) is 58.9 cm³/mol. The average Bonchev–Trinajstić information content (AvgIpc) is 2.81. The smallest absolute Gasteiger partial charge is 0.290 e. The van der Waals surface area contributed by atoms with E-state index in [1.54, 1.807) is 0 Å². The van der Waals surface area contributed by atoms with Gasteiger partial charge in [0, 0.05) is 12.6 Å². The minimum atomic E-state index is -0.252. The minimum absolute atomic E-state index is 0.229. The molecule has 0 saturated heterocycles. The Morgan fingerprint density at radius 1 is 1.31 bits per heavy atom. The Hall–Kier alpha value is -2.10. The first-order chi connectivity index (χ1) is 7.75. The Balaban J connectivity index is 1.93. The molecule has 0 unspecified atom stereocenters. The maximum Gasteiger partial charge on any atom is 0.290 e. The summed E-state index contributed by atoms with van der Waals surface area (Å²) < 4.78 is 4.74. The lowest BCUT2D eigenvalue weighted by Gasteiger charge is -2.03. The number of hydrogen-bond acceptors (Lipinski definition) is 3. The van der Waals surface area contributed by atoms with E-state index in [2.05, 4.69) is 10.5 Å². The quantitative estimate of drug-likeness (QED) is 0.852. The van der Waals surface area contributed by atoms with E-state index in [1.165, 1.54) is 17.8 Å². The number of nitrogens with zero attached hydrogens (tertiary/aromatic N) is 1. The monoisotopic (exact) mass is 216 g/mol. The molecule has 16 heavy (non-hydrogen) atoms. The van der Waals surface area contributed by atoms with Crippen molar-refractivity contribution in [3.8, 4) is 0 Å². The van der Waals surface area contributed by atoms with E-state index < -0.39 is 0 Å². The summed E-state index contributed by atoms with van der Waals surface area (Å²) in [6.45, 7) is 2.51. The van der Waals surface area contributed by atoms with Crippen molar-refractivity contribution in [2.24, 2.45) is 0 Å². The molecule has 1 aromatic carbocycles. The number of carbonyl (C=O) groups excluding carboxylic acids is 1. The first-order valence-corrected chi connectivity index (χ1v) is 5.00. The number of amides is 1. The molecule has 0 aliphatic carbocycles. The van der Waals surface area contributed by atoms with Crippen LogP contribution in [0.2, 0.25) is 0 Å². The maximum atomic E-state index is 11.5. The average molecular weight is 216 g/mol. The fraction of sp³-hybridized carbons (Fsp3) is 0.167. The third-order valence-electron chi connectivity index (χ3n) is 2.24. The first kappa shape index (κ1) is 10.4. The number of hydrogen-bond donors (Lipinski definition) is 1. The molecule has 2 rings (SSSR count). The van der Waals surface area contributed by atoms with Crippen molar-refractivity contribution in [2.75, 3.05) is 0 Å². The highest BCUT2D eigenvalue weighted by Crippen LogP contribution is 2.03. The molecule has 1 aromatic heterocycles. The summed E-state index contributed by atoms with van der Waals surface area (Å²) in [6, 6.07) is 9.52. The maximum absolute atomic E-state index is 11.5. The van der Waals surface area contributed by atoms with Gasteiger partial charge in [-0.2, -0.15) is 0 Å². The lowest BCUT2D eigenvalue weighted by molar-refractivity contribution is 0.0914. The van der Waals surface area contributed by atoms with Gasteiger partial charge in [0.05, 0.1) is 6.20 Å². The van der Waals surface area contributed by atoms with Crippen molar-refractivity contribution in [2.45, 2.75) is 13.5 Å². The highest BCUT2D eigenvalue weighted by molar-refractivity contribution is 5.91. The van der Waals surface area contributed by atoms with Crippen LogP contribution < -0.4 is 5.32 Å². The molecule has 0 spiro atoms. The van der Waals surface area contributed by atoms with Gasteiger partial charge in [0.15, 0.2) is 0 Å². The van der Waals surface area contributed by atoms with Gasteiger partial charge in [0.2, 0.25) is 5.76 Å². The molecule has 0 aliphatic rings. The van der Waals surface area contributed by atoms with Crippen LogP contribution in [0.25, 0.3) is 0 Å². The predicted octanol–water partition coefficient (Wildman–Crippen LogP) is 1.91. The molecule has 4 heteroatoms. The molecule has 82 valence electrons. The highest BCUT2D eigenvalue weighted by Gasteiger charge is 2.08. The molecule has 0 aliphatic heterocycles. The number of carbonyl (C=O) groups is 1. The van der Waals surface area contributed by atoms with E-state index in [1.807, 2.05) is 31.2 Å². The van der Waals surface area contributed by atoms with Gasteiger partial charge < -0.3 is 9.84 Å². The highest BCUT2D eigenvalue weighted by atomic mass is 16.5. The second-order valence-corrected chi connectivity index (χ2v) is 3.54. The molecular formula is C12H12N2O2. The van der Waals surface area contributed by atoms with E-state index in [-0.39, 0.29) is 11.7 Å². The SMILES string of the molecule is Cc1ccc(CNC(=O)c2ccno2)cc1. The zero-order valence-electron chi connectivity index (χ0n) is 8.93. The molecule has 2 aromatic rings. The van der Waals surface area contributed by atoms with Crippen LogP contribution in [0.4, 0.5) is 0 Å². The molecule has 0 fully saturated rings. The van der Waals surface area contributed by atoms with E-state index in [0.29, 0.717) is 6.54 Å². The Morgan fingerprint density at radius 3 is 2.69 bits per heavy atom. The second-order valence-electron chi connectivity index (χ2n) is 3.54. The second kappa shape index (κ2) is 4.61. The Labute approximate surface area is 93.3 Å². The fourth-order valence-corrected chi connectivity index (χ4v) is 1.31. The Morgan fingerprint density at radius 2 is 2.06 bits per heavy atom. The van der Waals surface area contributed by atoms with Gasteiger partial charge in [-0.15, -0.1) is 0 Å². The summed E-state index contributed by atoms with van der Waals surface area (Å²) in [5.41, 5.74) is 2.25. The molecule has 1 amide bonds. The molecule has 1 N–H and O–H groups in total. The number of nitrogens with one attached hydrogen (secondary N) is 1. The molecule has 0 saturated carbocycles. The van der Waals surface area contributed by atoms with Crippen LogP contribution in [0.1, 0.15) is 21.7 Å². The number of rotatable bonds is 3. The lowest BCUT2D eigenvalue weighted by Crippen LogP contribution is -2.22. The van der Waals surface area contributed by atoms with E-state index >= 15 is 0 Å². The van der Waals surface area contributed by atoms with Crippen molar-refractivity contribution in [1.29, 1.82) is 0 Å². The number of benzene rings is 1. The van der Waals surface area contributed by atoms with Crippen molar-refractivity contribution in [1.82, 2.24) is 10.5 Å². The van der Waals surface area contributed by atoms with Crippen LogP contribution in [0, 0.1) is 6.92 Å². The summed E-state index contributed by atoms with van der Waals surface area (Å²) in [7, 11) is 0. The third-order valence-corrected chi connectivity index (χ3v) is 2.24. The van der Waals surface area contributed by atoms with Gasteiger partial charge in [0.1, 0.15) is 0 Å². The van der Waals surface area contributed by atoms with E-state index in [4.69, 9.17) is 4.52 Å². The lowest BCUT2D eigenvalue weighted by atomic mass is 10.1. The van der Waals surface area contributed by atoms with Crippen LogP contribution in [0.15, 0.2) is 41.1 Å². The van der Waals surface area contributed by atoms with E-state index in [0.717, 1.165) is 5.56 Å². The van der Waals surface area contributed by atoms with Crippen molar-refractivity contribution in [3.63, 3.8) is 0 Å². The molecular weight excluding hydrogens is 204 g/mol. The van der Waals surface area contributed by atoms with Crippen LogP contribution in [-0.4, -0.2) is 11.1 Å². The van der Waals surface area contributed by atoms with E-state index in [9.17, 15) is 4.79 Å². The normalized spacial score (nSPS) is 10.1. The summed E-state index contributed by atoms with van der Waals surface area (Å²) >= 11 is 0. The minimum Gasteiger partial charge on any atom is -0.351 e. The van der Waals surface area contributed by atoms with Gasteiger partial charge in [-0.3, -0.25) is 4.79 Å². The van der Waals surface area contributed by atoms with Gasteiger partial charge in [-0.1, -0.05) is 35.0 Å². The molecule has 4 nitrogen and oxygen atoms in total. The summed E-state index contributed by atoms with van der Waals surface area (Å²) in [5, 5.41) is 6.22. The largest absolute Gasteiger partial charge is 0.351 e. The third kappa shape index (κ3) is 2.48. The van der Waals surface area contributed by atoms with Crippen LogP contribution >= 0.6 is 0 Å². The van der Waals surface area contributed by atoms with Crippen molar-refractivity contribution in [3.05, 3.63) is 53.4 Å². The molecule has 1 heterocycles. The standard InChI is InChI=1S/C12H12N2O2/c1-9-2-4-10(5-3-9)8-13-12(15)11-6-7-14-16-11/h2-7H,8H2,1H3,(H,13,15). The Kier molecular flexibility index (Phi) is 3.00. The first-order valence-electron chi connectivity index (χ1n) is 5.00. The zero-order chi connectivity index (χ0) is 11.4. The topological polar surface area (TPSA) is 55.1 Å². The van der Waals surface area contributed by atoms with Gasteiger partial charge in [-0.25, -0.2) is 0 Å². The van der Waals surface area contributed by atoms with Crippen LogP contribution in [-0.2, 0) is 6.54 Å². The van der Waals surface area contributed by atoms with Crippen molar-refractivity contribution < 1.29 is 9.32 Å². The Bertz CT molecular complexity index is 460. The van der Waals surface area contributed by atoms with Gasteiger partial charge in [-0.05, 0) is 12.5 Å². The summed E-state index contributed by atoms with van der Waals surface area (Å²) in [5.74, 6) is -0.0230. The number of aromatic nitrogens is 1.